The molecular formula is C21H20N2O5. The van der Waals surface area contributed by atoms with E-state index < -0.39 is 12.3 Å². The summed E-state index contributed by atoms with van der Waals surface area (Å²) >= 11 is 0. The molecule has 28 heavy (non-hydrogen) atoms. The van der Waals surface area contributed by atoms with Gasteiger partial charge in [0.25, 0.3) is 0 Å². The van der Waals surface area contributed by atoms with E-state index in [1.807, 2.05) is 48.5 Å². The molecule has 0 aliphatic rings. The molecule has 0 radical (unpaired) electrons. The Morgan fingerprint density at radius 2 is 1.61 bits per heavy atom. The highest BCUT2D eigenvalue weighted by atomic mass is 16.6. The summed E-state index contributed by atoms with van der Waals surface area (Å²) in [5.41, 5.74) is 2.47. The molecule has 7 nitrogen and oxygen atoms in total. The van der Waals surface area contributed by atoms with E-state index >= 15 is 0 Å². The van der Waals surface area contributed by atoms with Crippen LogP contribution in [0.2, 0.25) is 0 Å². The van der Waals surface area contributed by atoms with Crippen molar-refractivity contribution in [2.24, 2.45) is 0 Å². The number of hydrogen-bond acceptors (Lipinski definition) is 5. The average Bonchev–Trinajstić information content (AvgIpc) is 3.20. The van der Waals surface area contributed by atoms with E-state index in [9.17, 15) is 15.0 Å². The predicted octanol–water partition coefficient (Wildman–Crippen LogP) is 3.67. The molecule has 0 fully saturated rings. The summed E-state index contributed by atoms with van der Waals surface area (Å²) in [7, 11) is 0. The van der Waals surface area contributed by atoms with Gasteiger partial charge in [-0.2, -0.15) is 0 Å². The van der Waals surface area contributed by atoms with Crippen LogP contribution in [0.1, 0.15) is 13.3 Å². The summed E-state index contributed by atoms with van der Waals surface area (Å²) < 4.78 is 10.6. The van der Waals surface area contributed by atoms with Crippen LogP contribution in [-0.2, 0) is 9.53 Å². The molecule has 144 valence electrons. The lowest BCUT2D eigenvalue weighted by Crippen LogP contribution is -2.21. The minimum Gasteiger partial charge on any atom is -0.505 e. The van der Waals surface area contributed by atoms with Gasteiger partial charge in [-0.1, -0.05) is 24.3 Å². The van der Waals surface area contributed by atoms with E-state index in [-0.39, 0.29) is 18.8 Å². The van der Waals surface area contributed by atoms with Gasteiger partial charge in [-0.25, -0.2) is 0 Å². The lowest BCUT2D eigenvalue weighted by Gasteiger charge is -2.13. The second-order valence-corrected chi connectivity index (χ2v) is 6.35. The van der Waals surface area contributed by atoms with E-state index in [1.54, 1.807) is 6.92 Å². The first-order valence-electron chi connectivity index (χ1n) is 8.99. The Labute approximate surface area is 160 Å². The van der Waals surface area contributed by atoms with Crippen molar-refractivity contribution < 1.29 is 24.5 Å². The number of nitrogens with one attached hydrogen (secondary N) is 2. The maximum atomic E-state index is 11.7. The number of esters is 1. The van der Waals surface area contributed by atoms with Gasteiger partial charge in [0, 0.05) is 21.8 Å². The third kappa shape index (κ3) is 3.16. The lowest BCUT2D eigenvalue weighted by atomic mass is 10.2. The van der Waals surface area contributed by atoms with Gasteiger partial charge in [-0.05, 0) is 31.2 Å². The number of aliphatic hydroxyl groups excluding tert-OH is 1. The summed E-state index contributed by atoms with van der Waals surface area (Å²) in [5.74, 6) is -0.133. The Hall–Kier alpha value is -3.45. The van der Waals surface area contributed by atoms with Gasteiger partial charge in [0.15, 0.2) is 11.5 Å². The van der Waals surface area contributed by atoms with Crippen LogP contribution in [0.4, 0.5) is 0 Å². The maximum Gasteiger partial charge on any atom is 0.312 e. The van der Waals surface area contributed by atoms with Crippen LogP contribution in [-0.4, -0.2) is 39.0 Å². The summed E-state index contributed by atoms with van der Waals surface area (Å²) in [6.07, 6.45) is -1.69. The van der Waals surface area contributed by atoms with E-state index in [1.165, 1.54) is 0 Å². The van der Waals surface area contributed by atoms with Crippen molar-refractivity contribution in [2.75, 3.05) is 6.61 Å². The summed E-state index contributed by atoms with van der Waals surface area (Å²) in [4.78, 5) is 18.1. The van der Waals surface area contributed by atoms with Gasteiger partial charge in [-0.15, -0.1) is 0 Å². The van der Waals surface area contributed by atoms with Gasteiger partial charge in [-0.3, -0.25) is 4.79 Å². The zero-order chi connectivity index (χ0) is 19.7. The van der Waals surface area contributed by atoms with E-state index in [4.69, 9.17) is 9.47 Å². The smallest absolute Gasteiger partial charge is 0.312 e. The fraction of sp³-hybridized carbons (Fsp3) is 0.190. The number of carbonyl (C=O) groups excluding carboxylic acids is 1. The van der Waals surface area contributed by atoms with Crippen LogP contribution in [0, 0.1) is 0 Å². The first-order valence-corrected chi connectivity index (χ1v) is 8.99. The molecule has 0 amide bonds. The number of fused-ring (bicyclic) bond motifs is 2. The fourth-order valence-corrected chi connectivity index (χ4v) is 3.26. The van der Waals surface area contributed by atoms with E-state index in [0.29, 0.717) is 22.5 Å². The quantitative estimate of drug-likeness (QED) is 0.302. The molecule has 0 saturated heterocycles. The molecule has 2 aromatic heterocycles. The Morgan fingerprint density at radius 3 is 2.29 bits per heavy atom. The van der Waals surface area contributed by atoms with Crippen molar-refractivity contribution in [3.63, 3.8) is 0 Å². The van der Waals surface area contributed by atoms with Gasteiger partial charge in [0.1, 0.15) is 17.8 Å². The molecule has 7 heteroatoms. The Kier molecular flexibility index (Phi) is 4.67. The number of aromatic amines is 2. The number of rotatable bonds is 6. The first kappa shape index (κ1) is 17.9. The van der Waals surface area contributed by atoms with Crippen molar-refractivity contribution in [1.29, 1.82) is 0 Å². The molecule has 0 bridgehead atoms. The van der Waals surface area contributed by atoms with Crippen LogP contribution < -0.4 is 4.74 Å². The Bertz CT molecular complexity index is 1140. The summed E-state index contributed by atoms with van der Waals surface area (Å²) in [5, 5.41) is 22.3. The number of para-hydroxylation sites is 2. The molecule has 1 atom stereocenters. The van der Waals surface area contributed by atoms with Crippen molar-refractivity contribution in [2.45, 2.75) is 19.6 Å². The summed E-state index contributed by atoms with van der Waals surface area (Å²) in [6, 6.07) is 14.8. The molecule has 0 saturated carbocycles. The van der Waals surface area contributed by atoms with Crippen LogP contribution in [0.3, 0.4) is 0 Å². The number of aromatic nitrogens is 2. The molecule has 0 spiro atoms. The van der Waals surface area contributed by atoms with Crippen LogP contribution in [0.5, 0.6) is 11.5 Å². The number of H-pyrrole nitrogens is 2. The number of hydrogen-bond donors (Lipinski definition) is 4. The third-order valence-corrected chi connectivity index (χ3v) is 4.49. The van der Waals surface area contributed by atoms with Crippen LogP contribution in [0.15, 0.2) is 48.5 Å². The lowest BCUT2D eigenvalue weighted by molar-refractivity contribution is -0.150. The van der Waals surface area contributed by atoms with E-state index in [2.05, 4.69) is 9.97 Å². The molecule has 0 aliphatic carbocycles. The van der Waals surface area contributed by atoms with Gasteiger partial charge >= 0.3 is 5.97 Å². The van der Waals surface area contributed by atoms with Gasteiger partial charge in [0.05, 0.1) is 6.61 Å². The molecule has 4 aromatic rings. The predicted molar refractivity (Wildman–Crippen MR) is 105 cm³/mol. The number of benzene rings is 2. The fourth-order valence-electron chi connectivity index (χ4n) is 3.26. The largest absolute Gasteiger partial charge is 0.505 e. The Balaban J connectivity index is 1.79. The normalized spacial score (nSPS) is 12.4. The number of aromatic hydroxyl groups is 1. The molecule has 0 aliphatic heterocycles. The first-order chi connectivity index (χ1) is 13.6. The van der Waals surface area contributed by atoms with Crippen LogP contribution >= 0.6 is 0 Å². The Morgan fingerprint density at radius 1 is 1.00 bits per heavy atom. The molecule has 1 unspecified atom stereocenters. The van der Waals surface area contributed by atoms with Crippen molar-refractivity contribution in [1.82, 2.24) is 9.97 Å². The highest BCUT2D eigenvalue weighted by Crippen LogP contribution is 2.43. The maximum absolute atomic E-state index is 11.7. The molecule has 4 rings (SSSR count). The zero-order valence-corrected chi connectivity index (χ0v) is 15.2. The second-order valence-electron chi connectivity index (χ2n) is 6.35. The van der Waals surface area contributed by atoms with Gasteiger partial charge in [0.2, 0.25) is 6.29 Å². The molecule has 4 N–H and O–H groups in total. The number of carbonyl (C=O) groups is 1. The number of aliphatic hydroxyl groups is 1. The standard InChI is InChI=1S/C21H20N2O5/c1-2-27-16(24)11-17(25)28-21-13-8-4-6-10-15(13)23-19(21)18-20(26)12-7-3-5-9-14(12)22-18/h3-10,17,22-23,25-26H,2,11H2,1H3. The SMILES string of the molecule is CCOC(=O)CC(O)Oc1c(-c2[nH]c3ccccc3c2O)[nH]c2ccccc12. The van der Waals surface area contributed by atoms with Crippen molar-refractivity contribution in [3.05, 3.63) is 48.5 Å². The van der Waals surface area contributed by atoms with Crippen LogP contribution in [0.25, 0.3) is 33.2 Å². The van der Waals surface area contributed by atoms with E-state index in [0.717, 1.165) is 16.4 Å². The average molecular weight is 380 g/mol. The second kappa shape index (κ2) is 7.28. The minimum atomic E-state index is -1.39. The minimum absolute atomic E-state index is 0.0758. The highest BCUT2D eigenvalue weighted by Gasteiger charge is 2.23. The number of ether oxygens (including phenoxy) is 2. The topological polar surface area (TPSA) is 108 Å². The molecule has 2 heterocycles. The highest BCUT2D eigenvalue weighted by molar-refractivity contribution is 5.99. The molecular weight excluding hydrogens is 360 g/mol. The molecule has 2 aromatic carbocycles. The zero-order valence-electron chi connectivity index (χ0n) is 15.2. The van der Waals surface area contributed by atoms with Gasteiger partial charge < -0.3 is 29.7 Å². The monoisotopic (exact) mass is 380 g/mol. The summed E-state index contributed by atoms with van der Waals surface area (Å²) in [6.45, 7) is 1.93. The van der Waals surface area contributed by atoms with Crippen molar-refractivity contribution in [3.8, 4) is 22.9 Å². The third-order valence-electron chi connectivity index (χ3n) is 4.49. The van der Waals surface area contributed by atoms with Crippen molar-refractivity contribution >= 4 is 27.8 Å².